The Morgan fingerprint density at radius 1 is 1.21 bits per heavy atom. The van der Waals surface area contributed by atoms with Crippen molar-refractivity contribution in [3.63, 3.8) is 0 Å². The highest BCUT2D eigenvalue weighted by atomic mass is 19.3. The molecular weight excluding hydrogens is 513 g/mol. The fourth-order valence-corrected chi connectivity index (χ4v) is 6.02. The molecule has 0 radical (unpaired) electrons. The average Bonchev–Trinajstić information content (AvgIpc) is 3.47. The highest BCUT2D eigenvalue weighted by Crippen LogP contribution is 2.49. The van der Waals surface area contributed by atoms with Gasteiger partial charge in [0.2, 0.25) is 11.8 Å². The zero-order valence-corrected chi connectivity index (χ0v) is 19.9. The number of rotatable bonds is 6. The van der Waals surface area contributed by atoms with E-state index in [0.717, 1.165) is 17.0 Å². The highest BCUT2D eigenvalue weighted by Gasteiger charge is 2.60. The number of piperidine rings is 2. The van der Waals surface area contributed by atoms with Crippen molar-refractivity contribution in [1.29, 1.82) is 5.26 Å². The van der Waals surface area contributed by atoms with Crippen molar-refractivity contribution in [2.24, 2.45) is 11.8 Å². The second-order valence-electron chi connectivity index (χ2n) is 10.1. The number of amides is 3. The molecule has 1 saturated carbocycles. The molecule has 38 heavy (non-hydrogen) atoms. The number of aromatic nitrogens is 1. The second kappa shape index (κ2) is 9.56. The molecule has 0 unspecified atom stereocenters. The maximum absolute atomic E-state index is 14.9. The molecule has 6 rings (SSSR count). The van der Waals surface area contributed by atoms with Gasteiger partial charge in [-0.15, -0.1) is 0 Å². The number of nitrogens with zero attached hydrogens (tertiary/aromatic N) is 2. The Bertz CT molecular complexity index is 1340. The summed E-state index contributed by atoms with van der Waals surface area (Å²) in [6.45, 7) is 0.429. The van der Waals surface area contributed by atoms with Crippen molar-refractivity contribution in [2.45, 2.75) is 62.6 Å². The lowest BCUT2D eigenvalue weighted by molar-refractivity contribution is -0.179. The van der Waals surface area contributed by atoms with Gasteiger partial charge < -0.3 is 20.5 Å². The van der Waals surface area contributed by atoms with Crippen molar-refractivity contribution in [2.75, 3.05) is 6.54 Å². The number of fused-ring (bicyclic) bond motifs is 4. The van der Waals surface area contributed by atoms with Crippen molar-refractivity contribution < 1.29 is 36.3 Å². The van der Waals surface area contributed by atoms with E-state index in [1.54, 1.807) is 0 Å². The van der Waals surface area contributed by atoms with E-state index in [0.29, 0.717) is 19.0 Å². The van der Waals surface area contributed by atoms with Crippen LogP contribution in [0, 0.1) is 29.0 Å². The fraction of sp³-hybridized carbons (Fsp3) is 0.520. The standard InChI is InChI=1S/C25H24F5N5O3/c26-12-6-16(21(27)28)15-8-19(34-18(15)7-12)24(38)35-14-1-2-17(25(29,30)9-14)20(35)23(37)33-13(10-31)5-11-3-4-32-22(11)36/h6-8,11,13-14,17,20-21,34H,1-5,9H2,(H,32,36)(H,33,37)/t11-,13-,14+,17+,20+/m1/s1. The number of carbonyl (C=O) groups excluding carboxylic acids is 3. The van der Waals surface area contributed by atoms with Crippen LogP contribution in [-0.4, -0.2) is 58.2 Å². The molecule has 0 spiro atoms. The summed E-state index contributed by atoms with van der Waals surface area (Å²) in [4.78, 5) is 42.5. The van der Waals surface area contributed by atoms with Gasteiger partial charge >= 0.3 is 0 Å². The van der Waals surface area contributed by atoms with Crippen LogP contribution in [0.15, 0.2) is 18.2 Å². The number of carbonyl (C=O) groups is 3. The number of halogens is 5. The van der Waals surface area contributed by atoms with Crippen LogP contribution < -0.4 is 10.6 Å². The van der Waals surface area contributed by atoms with E-state index < -0.39 is 71.9 Å². The number of nitriles is 1. The molecule has 3 aliphatic heterocycles. The molecule has 2 aromatic rings. The minimum Gasteiger partial charge on any atom is -0.356 e. The first-order chi connectivity index (χ1) is 18.0. The Kier molecular flexibility index (Phi) is 6.53. The number of alkyl halides is 4. The summed E-state index contributed by atoms with van der Waals surface area (Å²) in [5.41, 5.74) is -0.957. The molecule has 3 amide bonds. The summed E-state index contributed by atoms with van der Waals surface area (Å²) < 4.78 is 70.7. The van der Waals surface area contributed by atoms with E-state index in [1.807, 2.05) is 6.07 Å². The molecule has 4 fully saturated rings. The Hall–Kier alpha value is -3.69. The Morgan fingerprint density at radius 2 is 1.97 bits per heavy atom. The summed E-state index contributed by atoms with van der Waals surface area (Å²) in [7, 11) is 0. The fourth-order valence-electron chi connectivity index (χ4n) is 6.02. The van der Waals surface area contributed by atoms with Gasteiger partial charge in [0.25, 0.3) is 18.3 Å². The quantitative estimate of drug-likeness (QED) is 0.490. The third-order valence-electron chi connectivity index (χ3n) is 7.79. The minimum absolute atomic E-state index is 0.0107. The van der Waals surface area contributed by atoms with Gasteiger partial charge in [0.1, 0.15) is 23.6 Å². The zero-order chi connectivity index (χ0) is 27.4. The molecule has 1 aromatic carbocycles. The number of nitrogens with one attached hydrogen (secondary N) is 3. The predicted molar refractivity (Wildman–Crippen MR) is 123 cm³/mol. The highest BCUT2D eigenvalue weighted by molar-refractivity contribution is 6.01. The first-order valence-corrected chi connectivity index (χ1v) is 12.3. The SMILES string of the molecule is N#C[C@@H](C[C@H]1CCNC1=O)NC(=O)[C@@H]1[C@@H]2CC[C@@H](CC2(F)F)N1C(=O)c1cc2c(C(F)F)cc(F)cc2[nH]1. The minimum atomic E-state index is -3.25. The van der Waals surface area contributed by atoms with Gasteiger partial charge in [-0.1, -0.05) is 0 Å². The summed E-state index contributed by atoms with van der Waals surface area (Å²) in [5.74, 6) is -8.31. The van der Waals surface area contributed by atoms with Crippen LogP contribution in [0.1, 0.15) is 54.6 Å². The summed E-state index contributed by atoms with van der Waals surface area (Å²) in [5, 5.41) is 14.5. The van der Waals surface area contributed by atoms with Gasteiger partial charge in [0.05, 0.1) is 12.0 Å². The summed E-state index contributed by atoms with van der Waals surface area (Å²) in [6, 6.07) is 0.789. The molecule has 3 N–H and O–H groups in total. The molecule has 4 heterocycles. The molecule has 5 atom stereocenters. The van der Waals surface area contributed by atoms with Crippen molar-refractivity contribution in [3.8, 4) is 6.07 Å². The van der Waals surface area contributed by atoms with Crippen LogP contribution in [0.2, 0.25) is 0 Å². The monoisotopic (exact) mass is 537 g/mol. The number of benzene rings is 1. The van der Waals surface area contributed by atoms with Gasteiger partial charge in [-0.25, -0.2) is 22.0 Å². The van der Waals surface area contributed by atoms with Crippen LogP contribution >= 0.6 is 0 Å². The number of hydrogen-bond donors (Lipinski definition) is 3. The van der Waals surface area contributed by atoms with Crippen LogP contribution in [0.5, 0.6) is 0 Å². The average molecular weight is 537 g/mol. The topological polar surface area (TPSA) is 118 Å². The molecule has 3 saturated heterocycles. The maximum Gasteiger partial charge on any atom is 0.271 e. The molecule has 202 valence electrons. The van der Waals surface area contributed by atoms with Gasteiger partial charge in [-0.2, -0.15) is 5.26 Å². The van der Waals surface area contributed by atoms with Crippen molar-refractivity contribution >= 4 is 28.6 Å². The normalized spacial score (nSPS) is 26.9. The number of aromatic amines is 1. The first kappa shape index (κ1) is 25.9. The van der Waals surface area contributed by atoms with Crippen LogP contribution in [-0.2, 0) is 9.59 Å². The molecule has 4 aliphatic rings. The van der Waals surface area contributed by atoms with Gasteiger partial charge in [-0.05, 0) is 43.9 Å². The van der Waals surface area contributed by atoms with E-state index in [2.05, 4.69) is 15.6 Å². The van der Waals surface area contributed by atoms with Crippen LogP contribution in [0.4, 0.5) is 22.0 Å². The molecule has 1 aromatic heterocycles. The zero-order valence-electron chi connectivity index (χ0n) is 19.9. The summed E-state index contributed by atoms with van der Waals surface area (Å²) in [6.07, 6.45) is -3.07. The number of H-pyrrole nitrogens is 1. The van der Waals surface area contributed by atoms with Gasteiger partial charge in [0.15, 0.2) is 0 Å². The molecule has 2 bridgehead atoms. The first-order valence-electron chi connectivity index (χ1n) is 12.3. The van der Waals surface area contributed by atoms with Gasteiger partial charge in [-0.3, -0.25) is 14.4 Å². The summed E-state index contributed by atoms with van der Waals surface area (Å²) >= 11 is 0. The van der Waals surface area contributed by atoms with Gasteiger partial charge in [0, 0.05) is 41.4 Å². The number of hydrogen-bond acceptors (Lipinski definition) is 4. The van der Waals surface area contributed by atoms with E-state index >= 15 is 0 Å². The third kappa shape index (κ3) is 4.46. The van der Waals surface area contributed by atoms with E-state index in [4.69, 9.17) is 0 Å². The lowest BCUT2D eigenvalue weighted by atomic mass is 9.71. The molecule has 8 nitrogen and oxygen atoms in total. The second-order valence-corrected chi connectivity index (χ2v) is 10.1. The van der Waals surface area contributed by atoms with E-state index in [-0.39, 0.29) is 41.8 Å². The Morgan fingerprint density at radius 3 is 2.61 bits per heavy atom. The van der Waals surface area contributed by atoms with Crippen molar-refractivity contribution in [1.82, 2.24) is 20.5 Å². The lowest BCUT2D eigenvalue weighted by Gasteiger charge is -2.53. The third-order valence-corrected chi connectivity index (χ3v) is 7.79. The Labute approximate surface area is 213 Å². The predicted octanol–water partition coefficient (Wildman–Crippen LogP) is 3.41. The van der Waals surface area contributed by atoms with E-state index in [9.17, 15) is 41.6 Å². The lowest BCUT2D eigenvalue weighted by Crippen LogP contribution is -2.68. The smallest absolute Gasteiger partial charge is 0.271 e. The molecule has 13 heteroatoms. The Balaban J connectivity index is 1.46. The maximum atomic E-state index is 14.9. The molecular formula is C25H24F5N5O3. The molecule has 1 aliphatic carbocycles. The largest absolute Gasteiger partial charge is 0.356 e. The van der Waals surface area contributed by atoms with Crippen LogP contribution in [0.3, 0.4) is 0 Å². The van der Waals surface area contributed by atoms with Crippen LogP contribution in [0.25, 0.3) is 10.9 Å². The van der Waals surface area contributed by atoms with Crippen molar-refractivity contribution in [3.05, 3.63) is 35.3 Å². The van der Waals surface area contributed by atoms with E-state index in [1.165, 1.54) is 0 Å².